The van der Waals surface area contributed by atoms with Gasteiger partial charge in [-0.2, -0.15) is 0 Å². The van der Waals surface area contributed by atoms with E-state index in [4.69, 9.17) is 11.6 Å². The number of carbonyl (C=O) groups excluding carboxylic acids is 1. The van der Waals surface area contributed by atoms with Crippen LogP contribution >= 0.6 is 35.1 Å². The van der Waals surface area contributed by atoms with Crippen molar-refractivity contribution in [2.45, 2.75) is 9.79 Å². The predicted octanol–water partition coefficient (Wildman–Crippen LogP) is 4.79. The van der Waals surface area contributed by atoms with Crippen molar-refractivity contribution in [3.05, 3.63) is 53.6 Å². The number of benzene rings is 2. The number of amides is 1. The number of carbonyl (C=O) groups is 1. The molecule has 0 fully saturated rings. The smallest absolute Gasteiger partial charge is 0.234 e. The molecular weight excluding hydrogens is 310 g/mol. The van der Waals surface area contributed by atoms with Crippen LogP contribution in [0.3, 0.4) is 0 Å². The average molecular weight is 324 g/mol. The Morgan fingerprint density at radius 1 is 1.15 bits per heavy atom. The second kappa shape index (κ2) is 7.62. The molecule has 0 saturated heterocycles. The molecule has 2 nitrogen and oxygen atoms in total. The van der Waals surface area contributed by atoms with E-state index in [0.717, 1.165) is 10.6 Å². The van der Waals surface area contributed by atoms with E-state index >= 15 is 0 Å². The lowest BCUT2D eigenvalue weighted by Gasteiger charge is -2.06. The zero-order valence-corrected chi connectivity index (χ0v) is 13.3. The zero-order chi connectivity index (χ0) is 14.4. The fraction of sp³-hybridized carbons (Fsp3) is 0.133. The fourth-order valence-electron chi connectivity index (χ4n) is 1.58. The Bertz CT molecular complexity index is 587. The zero-order valence-electron chi connectivity index (χ0n) is 10.9. The average Bonchev–Trinajstić information content (AvgIpc) is 2.47. The standard InChI is InChI=1S/C15H14ClNOS2/c1-19-12-8-6-11(7-9-12)17-15(18)10-20-14-5-3-2-4-13(14)16/h2-9H,10H2,1H3,(H,17,18). The SMILES string of the molecule is CSc1ccc(NC(=O)CSc2ccccc2Cl)cc1. The van der Waals surface area contributed by atoms with Crippen LogP contribution in [0.2, 0.25) is 5.02 Å². The van der Waals surface area contributed by atoms with Gasteiger partial charge in [0, 0.05) is 15.5 Å². The molecule has 1 N–H and O–H groups in total. The van der Waals surface area contributed by atoms with E-state index in [1.807, 2.05) is 54.8 Å². The van der Waals surface area contributed by atoms with Crippen LogP contribution in [0, 0.1) is 0 Å². The normalized spacial score (nSPS) is 10.3. The van der Waals surface area contributed by atoms with Crippen molar-refractivity contribution in [1.29, 1.82) is 0 Å². The maximum atomic E-state index is 11.9. The summed E-state index contributed by atoms with van der Waals surface area (Å²) in [6.07, 6.45) is 2.02. The van der Waals surface area contributed by atoms with Crippen LogP contribution < -0.4 is 5.32 Å². The Kier molecular flexibility index (Phi) is 5.83. The molecule has 2 aromatic carbocycles. The van der Waals surface area contributed by atoms with Crippen LogP contribution in [0.5, 0.6) is 0 Å². The van der Waals surface area contributed by atoms with E-state index in [2.05, 4.69) is 5.32 Å². The fourth-order valence-corrected chi connectivity index (χ4v) is 3.02. The molecule has 20 heavy (non-hydrogen) atoms. The Hall–Kier alpha value is -1.10. The van der Waals surface area contributed by atoms with Gasteiger partial charge in [-0.25, -0.2) is 0 Å². The van der Waals surface area contributed by atoms with Crippen molar-refractivity contribution in [1.82, 2.24) is 0 Å². The highest BCUT2D eigenvalue weighted by Crippen LogP contribution is 2.26. The number of hydrogen-bond acceptors (Lipinski definition) is 3. The largest absolute Gasteiger partial charge is 0.325 e. The summed E-state index contributed by atoms with van der Waals surface area (Å²) in [7, 11) is 0. The molecule has 2 rings (SSSR count). The molecule has 104 valence electrons. The first-order chi connectivity index (χ1) is 9.69. The van der Waals surface area contributed by atoms with Crippen LogP contribution in [0.25, 0.3) is 0 Å². The minimum absolute atomic E-state index is 0.0354. The number of nitrogens with one attached hydrogen (secondary N) is 1. The number of rotatable bonds is 5. The van der Waals surface area contributed by atoms with Gasteiger partial charge >= 0.3 is 0 Å². The maximum Gasteiger partial charge on any atom is 0.234 e. The summed E-state index contributed by atoms with van der Waals surface area (Å²) >= 11 is 9.15. The van der Waals surface area contributed by atoms with Gasteiger partial charge in [0.1, 0.15) is 0 Å². The van der Waals surface area contributed by atoms with Gasteiger partial charge in [0.05, 0.1) is 10.8 Å². The lowest BCUT2D eigenvalue weighted by molar-refractivity contribution is -0.113. The molecule has 1 amide bonds. The van der Waals surface area contributed by atoms with Crippen LogP contribution in [0.15, 0.2) is 58.3 Å². The molecule has 0 saturated carbocycles. The van der Waals surface area contributed by atoms with Gasteiger partial charge in [0.25, 0.3) is 0 Å². The Labute approximate surface area is 132 Å². The van der Waals surface area contributed by atoms with Crippen molar-refractivity contribution in [3.63, 3.8) is 0 Å². The van der Waals surface area contributed by atoms with E-state index in [0.29, 0.717) is 10.8 Å². The van der Waals surface area contributed by atoms with E-state index in [-0.39, 0.29) is 5.91 Å². The Balaban J connectivity index is 1.87. The van der Waals surface area contributed by atoms with Crippen molar-refractivity contribution in [2.24, 2.45) is 0 Å². The molecule has 2 aromatic rings. The molecular formula is C15H14ClNOS2. The van der Waals surface area contributed by atoms with E-state index in [1.54, 1.807) is 11.8 Å². The predicted molar refractivity (Wildman–Crippen MR) is 89.0 cm³/mol. The Morgan fingerprint density at radius 3 is 2.50 bits per heavy atom. The summed E-state index contributed by atoms with van der Waals surface area (Å²) < 4.78 is 0. The minimum atomic E-state index is -0.0354. The van der Waals surface area contributed by atoms with Gasteiger partial charge in [-0.15, -0.1) is 23.5 Å². The lowest BCUT2D eigenvalue weighted by atomic mass is 10.3. The minimum Gasteiger partial charge on any atom is -0.325 e. The molecule has 0 atom stereocenters. The first-order valence-electron chi connectivity index (χ1n) is 6.00. The van der Waals surface area contributed by atoms with Crippen molar-refractivity contribution >= 4 is 46.7 Å². The first kappa shape index (κ1) is 15.3. The summed E-state index contributed by atoms with van der Waals surface area (Å²) in [5.74, 6) is 0.306. The van der Waals surface area contributed by atoms with Crippen LogP contribution in [-0.2, 0) is 4.79 Å². The maximum absolute atomic E-state index is 11.9. The molecule has 0 radical (unpaired) electrons. The number of anilines is 1. The molecule has 0 spiro atoms. The van der Waals surface area contributed by atoms with Crippen LogP contribution in [-0.4, -0.2) is 17.9 Å². The van der Waals surface area contributed by atoms with E-state index in [9.17, 15) is 4.79 Å². The van der Waals surface area contributed by atoms with Crippen LogP contribution in [0.4, 0.5) is 5.69 Å². The highest BCUT2D eigenvalue weighted by molar-refractivity contribution is 8.00. The number of halogens is 1. The highest BCUT2D eigenvalue weighted by Gasteiger charge is 2.06. The second-order valence-corrected chi connectivity index (χ2v) is 6.30. The van der Waals surface area contributed by atoms with E-state index < -0.39 is 0 Å². The highest BCUT2D eigenvalue weighted by atomic mass is 35.5. The van der Waals surface area contributed by atoms with Gasteiger partial charge in [-0.05, 0) is 42.7 Å². The molecule has 0 bridgehead atoms. The molecule has 0 unspecified atom stereocenters. The topological polar surface area (TPSA) is 29.1 Å². The molecule has 0 aliphatic heterocycles. The summed E-state index contributed by atoms with van der Waals surface area (Å²) in [5.41, 5.74) is 0.813. The van der Waals surface area contributed by atoms with Gasteiger partial charge in [-0.3, -0.25) is 4.79 Å². The molecule has 5 heteroatoms. The van der Waals surface area contributed by atoms with Gasteiger partial charge in [0.2, 0.25) is 5.91 Å². The van der Waals surface area contributed by atoms with Crippen molar-refractivity contribution < 1.29 is 4.79 Å². The summed E-state index contributed by atoms with van der Waals surface area (Å²) in [6.45, 7) is 0. The Morgan fingerprint density at radius 2 is 1.85 bits per heavy atom. The van der Waals surface area contributed by atoms with Gasteiger partial charge in [0.15, 0.2) is 0 Å². The summed E-state index contributed by atoms with van der Waals surface area (Å²) in [6, 6.07) is 15.3. The van der Waals surface area contributed by atoms with Gasteiger partial charge in [-0.1, -0.05) is 23.7 Å². The quantitative estimate of drug-likeness (QED) is 0.802. The molecule has 0 heterocycles. The number of thioether (sulfide) groups is 2. The van der Waals surface area contributed by atoms with Crippen molar-refractivity contribution in [2.75, 3.05) is 17.3 Å². The number of hydrogen-bond donors (Lipinski definition) is 1. The second-order valence-electron chi connectivity index (χ2n) is 4.00. The van der Waals surface area contributed by atoms with E-state index in [1.165, 1.54) is 16.7 Å². The molecule has 0 aliphatic rings. The molecule has 0 aliphatic carbocycles. The van der Waals surface area contributed by atoms with Crippen LogP contribution in [0.1, 0.15) is 0 Å². The summed E-state index contributed by atoms with van der Waals surface area (Å²) in [4.78, 5) is 14.0. The first-order valence-corrected chi connectivity index (χ1v) is 8.59. The van der Waals surface area contributed by atoms with Gasteiger partial charge < -0.3 is 5.32 Å². The molecule has 0 aromatic heterocycles. The third-order valence-corrected chi connectivity index (χ3v) is 4.83. The lowest BCUT2D eigenvalue weighted by Crippen LogP contribution is -2.13. The summed E-state index contributed by atoms with van der Waals surface area (Å²) in [5, 5.41) is 3.55. The monoisotopic (exact) mass is 323 g/mol. The van der Waals surface area contributed by atoms with Crippen molar-refractivity contribution in [3.8, 4) is 0 Å². The third kappa shape index (κ3) is 4.47. The third-order valence-electron chi connectivity index (χ3n) is 2.57.